The predicted molar refractivity (Wildman–Crippen MR) is 95.4 cm³/mol. The molecule has 0 atom stereocenters. The topological polar surface area (TPSA) is 87.8 Å². The number of carbonyl (C=O) groups is 1. The molecule has 120 valence electrons. The molecule has 1 N–H and O–H groups in total. The average molecular weight is 356 g/mol. The molecule has 2 aromatic heterocycles. The van der Waals surface area contributed by atoms with Crippen molar-refractivity contribution in [2.24, 2.45) is 7.05 Å². The molecular formula is C16H12N4O2S2. The van der Waals surface area contributed by atoms with E-state index in [1.807, 2.05) is 11.4 Å². The van der Waals surface area contributed by atoms with Crippen LogP contribution in [0.1, 0.15) is 5.56 Å². The lowest BCUT2D eigenvalue weighted by Gasteiger charge is -2.08. The highest BCUT2D eigenvalue weighted by atomic mass is 32.2. The molecule has 1 aromatic carbocycles. The Hall–Kier alpha value is -2.63. The van der Waals surface area contributed by atoms with E-state index in [1.165, 1.54) is 27.7 Å². The minimum atomic E-state index is -0.227. The molecule has 0 bridgehead atoms. The zero-order valence-corrected chi connectivity index (χ0v) is 14.3. The maximum Gasteiger partial charge on any atom is 0.271 e. The number of amides is 1. The number of aromatic nitrogens is 2. The van der Waals surface area contributed by atoms with Gasteiger partial charge in [0.1, 0.15) is 4.70 Å². The Morgan fingerprint density at radius 1 is 1.46 bits per heavy atom. The smallest absolute Gasteiger partial charge is 0.271 e. The lowest BCUT2D eigenvalue weighted by atomic mass is 10.2. The van der Waals surface area contributed by atoms with Crippen LogP contribution in [0.2, 0.25) is 0 Å². The van der Waals surface area contributed by atoms with Gasteiger partial charge in [0.2, 0.25) is 5.91 Å². The van der Waals surface area contributed by atoms with Gasteiger partial charge in [-0.25, -0.2) is 4.98 Å². The summed E-state index contributed by atoms with van der Waals surface area (Å²) < 4.78 is 2.06. The summed E-state index contributed by atoms with van der Waals surface area (Å²) in [5, 5.41) is 13.9. The van der Waals surface area contributed by atoms with Crippen molar-refractivity contribution in [2.45, 2.75) is 5.16 Å². The van der Waals surface area contributed by atoms with Crippen molar-refractivity contribution in [1.29, 1.82) is 5.26 Å². The number of fused-ring (bicyclic) bond motifs is 1. The Balaban J connectivity index is 1.71. The van der Waals surface area contributed by atoms with Gasteiger partial charge in [-0.05, 0) is 29.6 Å². The summed E-state index contributed by atoms with van der Waals surface area (Å²) in [7, 11) is 1.64. The van der Waals surface area contributed by atoms with E-state index in [1.54, 1.807) is 37.4 Å². The standard InChI is InChI=1S/C16H12N4O2S2/c1-20-15(22)14-12(5-6-23-14)19-16(20)24-9-13(21)18-11-4-2-3-10(7-11)8-17/h2-7H,9H2,1H3,(H,18,21). The number of rotatable bonds is 4. The van der Waals surface area contributed by atoms with Gasteiger partial charge < -0.3 is 5.32 Å². The monoisotopic (exact) mass is 356 g/mol. The first-order valence-corrected chi connectivity index (χ1v) is 8.82. The minimum Gasteiger partial charge on any atom is -0.325 e. The quantitative estimate of drug-likeness (QED) is 0.573. The Morgan fingerprint density at radius 3 is 3.08 bits per heavy atom. The van der Waals surface area contributed by atoms with E-state index in [4.69, 9.17) is 5.26 Å². The highest BCUT2D eigenvalue weighted by Crippen LogP contribution is 2.20. The van der Waals surface area contributed by atoms with Crippen molar-refractivity contribution in [3.8, 4) is 6.07 Å². The largest absolute Gasteiger partial charge is 0.325 e. The molecule has 0 saturated carbocycles. The molecule has 24 heavy (non-hydrogen) atoms. The summed E-state index contributed by atoms with van der Waals surface area (Å²) in [4.78, 5) is 28.7. The Labute approximate surface area is 145 Å². The minimum absolute atomic E-state index is 0.111. The Bertz CT molecular complexity index is 1020. The van der Waals surface area contributed by atoms with Gasteiger partial charge in [0, 0.05) is 12.7 Å². The SMILES string of the molecule is Cn1c(SCC(=O)Nc2cccc(C#N)c2)nc2ccsc2c1=O. The Morgan fingerprint density at radius 2 is 2.29 bits per heavy atom. The number of benzene rings is 1. The van der Waals surface area contributed by atoms with E-state index in [9.17, 15) is 9.59 Å². The highest BCUT2D eigenvalue weighted by Gasteiger charge is 2.12. The fraction of sp³-hybridized carbons (Fsp3) is 0.125. The first kappa shape index (κ1) is 16.2. The van der Waals surface area contributed by atoms with Gasteiger partial charge in [0.25, 0.3) is 5.56 Å². The third-order valence-corrected chi connectivity index (χ3v) is 5.18. The van der Waals surface area contributed by atoms with Crippen LogP contribution in [0.25, 0.3) is 10.2 Å². The zero-order valence-electron chi connectivity index (χ0n) is 12.6. The lowest BCUT2D eigenvalue weighted by molar-refractivity contribution is -0.113. The Kier molecular flexibility index (Phi) is 4.64. The molecule has 6 nitrogen and oxygen atoms in total. The number of carbonyl (C=O) groups excluding carboxylic acids is 1. The normalized spacial score (nSPS) is 10.5. The molecule has 0 saturated heterocycles. The lowest BCUT2D eigenvalue weighted by Crippen LogP contribution is -2.20. The number of nitriles is 1. The second kappa shape index (κ2) is 6.86. The van der Waals surface area contributed by atoms with Gasteiger partial charge in [0.05, 0.1) is 22.9 Å². The molecule has 0 unspecified atom stereocenters. The third kappa shape index (κ3) is 3.32. The van der Waals surface area contributed by atoms with Crippen LogP contribution in [-0.4, -0.2) is 21.2 Å². The molecule has 0 aliphatic carbocycles. The van der Waals surface area contributed by atoms with Crippen molar-refractivity contribution in [2.75, 3.05) is 11.1 Å². The molecule has 0 fully saturated rings. The van der Waals surface area contributed by atoms with Crippen LogP contribution in [0.15, 0.2) is 45.7 Å². The molecular weight excluding hydrogens is 344 g/mol. The van der Waals surface area contributed by atoms with Crippen LogP contribution >= 0.6 is 23.1 Å². The van der Waals surface area contributed by atoms with Crippen LogP contribution in [0, 0.1) is 11.3 Å². The first-order valence-electron chi connectivity index (χ1n) is 6.95. The van der Waals surface area contributed by atoms with E-state index in [-0.39, 0.29) is 17.2 Å². The summed E-state index contributed by atoms with van der Waals surface area (Å²) in [5.74, 6) is -0.109. The predicted octanol–water partition coefficient (Wildman–Crippen LogP) is 2.60. The molecule has 0 aliphatic rings. The maximum absolute atomic E-state index is 12.2. The number of thiophene rings is 1. The van der Waals surface area contributed by atoms with Gasteiger partial charge in [-0.15, -0.1) is 11.3 Å². The molecule has 3 aromatic rings. The molecule has 8 heteroatoms. The van der Waals surface area contributed by atoms with Gasteiger partial charge in [-0.3, -0.25) is 14.2 Å². The van der Waals surface area contributed by atoms with Gasteiger partial charge in [0.15, 0.2) is 5.16 Å². The van der Waals surface area contributed by atoms with E-state index in [0.717, 1.165) is 0 Å². The summed E-state index contributed by atoms with van der Waals surface area (Å²) in [6.45, 7) is 0. The van der Waals surface area contributed by atoms with Crippen molar-refractivity contribution in [3.05, 3.63) is 51.6 Å². The second-order valence-corrected chi connectivity index (χ2v) is 6.78. The number of hydrogen-bond donors (Lipinski definition) is 1. The number of nitrogens with zero attached hydrogens (tertiary/aromatic N) is 3. The van der Waals surface area contributed by atoms with E-state index >= 15 is 0 Å². The maximum atomic E-state index is 12.2. The van der Waals surface area contributed by atoms with Crippen LogP contribution in [0.5, 0.6) is 0 Å². The second-order valence-electron chi connectivity index (χ2n) is 4.92. The molecule has 3 rings (SSSR count). The number of anilines is 1. The molecule has 0 aliphatic heterocycles. The van der Waals surface area contributed by atoms with Gasteiger partial charge in [-0.2, -0.15) is 5.26 Å². The number of hydrogen-bond acceptors (Lipinski definition) is 6. The third-order valence-electron chi connectivity index (χ3n) is 3.25. The fourth-order valence-electron chi connectivity index (χ4n) is 2.09. The fourth-order valence-corrected chi connectivity index (χ4v) is 3.67. The van der Waals surface area contributed by atoms with Crippen LogP contribution in [0.3, 0.4) is 0 Å². The highest BCUT2D eigenvalue weighted by molar-refractivity contribution is 7.99. The summed E-state index contributed by atoms with van der Waals surface area (Å²) in [6.07, 6.45) is 0. The number of nitrogens with one attached hydrogen (secondary N) is 1. The van der Waals surface area contributed by atoms with Crippen molar-refractivity contribution in [3.63, 3.8) is 0 Å². The van der Waals surface area contributed by atoms with Crippen LogP contribution in [-0.2, 0) is 11.8 Å². The average Bonchev–Trinajstić information content (AvgIpc) is 3.05. The summed E-state index contributed by atoms with van der Waals surface area (Å²) in [6, 6.07) is 10.5. The summed E-state index contributed by atoms with van der Waals surface area (Å²) >= 11 is 2.55. The molecule has 2 heterocycles. The zero-order chi connectivity index (χ0) is 17.1. The summed E-state index contributed by atoms with van der Waals surface area (Å²) in [5.41, 5.74) is 1.58. The molecule has 1 amide bonds. The van der Waals surface area contributed by atoms with Crippen LogP contribution < -0.4 is 10.9 Å². The van der Waals surface area contributed by atoms with E-state index in [2.05, 4.69) is 10.3 Å². The first-order chi connectivity index (χ1) is 11.6. The van der Waals surface area contributed by atoms with E-state index in [0.29, 0.717) is 26.6 Å². The van der Waals surface area contributed by atoms with Crippen molar-refractivity contribution in [1.82, 2.24) is 9.55 Å². The molecule has 0 radical (unpaired) electrons. The van der Waals surface area contributed by atoms with E-state index < -0.39 is 0 Å². The van der Waals surface area contributed by atoms with Crippen molar-refractivity contribution >= 4 is 44.9 Å². The van der Waals surface area contributed by atoms with Gasteiger partial charge >= 0.3 is 0 Å². The number of thioether (sulfide) groups is 1. The van der Waals surface area contributed by atoms with Gasteiger partial charge in [-0.1, -0.05) is 17.8 Å². The molecule has 0 spiro atoms. The van der Waals surface area contributed by atoms with Crippen molar-refractivity contribution < 1.29 is 4.79 Å². The van der Waals surface area contributed by atoms with Crippen LogP contribution in [0.4, 0.5) is 5.69 Å².